The van der Waals surface area contributed by atoms with Gasteiger partial charge in [0.1, 0.15) is 11.6 Å². The van der Waals surface area contributed by atoms with Gasteiger partial charge in [-0.3, -0.25) is 9.59 Å². The van der Waals surface area contributed by atoms with E-state index in [0.29, 0.717) is 18.4 Å². The Balaban J connectivity index is 3.10. The molecule has 1 aromatic carbocycles. The number of aliphatic carboxylic acids is 1. The molecule has 2 atom stereocenters. The van der Waals surface area contributed by atoms with E-state index in [0.717, 1.165) is 25.7 Å². The van der Waals surface area contributed by atoms with E-state index in [9.17, 15) is 24.3 Å². The molecule has 1 aromatic rings. The fraction of sp³-hybridized carbons (Fsp3) is 0.667. The average molecular weight is 582 g/mol. The Morgan fingerprint density at radius 2 is 1.41 bits per heavy atom. The SMILES string of the molecule is CCCCCOC(=O)Oc1ccc(CC(N)(C[C@H](C)OC(=O)CC(C)(C)C)C(=O)O)cc1OC(=O)OCCCCC. The summed E-state index contributed by atoms with van der Waals surface area (Å²) >= 11 is 0. The lowest BCUT2D eigenvalue weighted by Gasteiger charge is -2.28. The van der Waals surface area contributed by atoms with Crippen LogP contribution in [0.15, 0.2) is 18.2 Å². The molecule has 0 saturated carbocycles. The van der Waals surface area contributed by atoms with Crippen molar-refractivity contribution in [2.45, 2.75) is 111 Å². The lowest BCUT2D eigenvalue weighted by atomic mass is 9.86. The summed E-state index contributed by atoms with van der Waals surface area (Å²) in [4.78, 5) is 49.0. The Morgan fingerprint density at radius 1 is 0.878 bits per heavy atom. The highest BCUT2D eigenvalue weighted by Crippen LogP contribution is 2.32. The number of carboxylic acids is 1. The Bertz CT molecular complexity index is 1000. The van der Waals surface area contributed by atoms with Gasteiger partial charge in [-0.1, -0.05) is 66.4 Å². The molecule has 0 radical (unpaired) electrons. The van der Waals surface area contributed by atoms with Crippen LogP contribution in [0, 0.1) is 5.41 Å². The minimum Gasteiger partial charge on any atom is -0.480 e. The predicted molar refractivity (Wildman–Crippen MR) is 152 cm³/mol. The molecule has 0 spiro atoms. The van der Waals surface area contributed by atoms with Gasteiger partial charge in [-0.15, -0.1) is 0 Å². The summed E-state index contributed by atoms with van der Waals surface area (Å²) in [7, 11) is 0. The first-order valence-electron chi connectivity index (χ1n) is 14.2. The van der Waals surface area contributed by atoms with Crippen LogP contribution in [0.25, 0.3) is 0 Å². The van der Waals surface area contributed by atoms with Gasteiger partial charge in [0.25, 0.3) is 0 Å². The molecule has 0 heterocycles. The molecule has 0 bridgehead atoms. The normalized spacial score (nSPS) is 13.4. The minimum atomic E-state index is -1.82. The van der Waals surface area contributed by atoms with Gasteiger partial charge in [-0.05, 0) is 42.9 Å². The van der Waals surface area contributed by atoms with Crippen molar-refractivity contribution in [2.75, 3.05) is 13.2 Å². The summed E-state index contributed by atoms with van der Waals surface area (Å²) in [6.07, 6.45) is 2.04. The van der Waals surface area contributed by atoms with Crippen molar-refractivity contribution in [3.8, 4) is 11.5 Å². The first kappa shape index (κ1) is 35.7. The number of unbranched alkanes of at least 4 members (excludes halogenated alkanes) is 4. The minimum absolute atomic E-state index is 0.109. The third kappa shape index (κ3) is 14.7. The van der Waals surface area contributed by atoms with E-state index in [1.807, 2.05) is 34.6 Å². The van der Waals surface area contributed by atoms with Gasteiger partial charge >= 0.3 is 24.2 Å². The highest BCUT2D eigenvalue weighted by Gasteiger charge is 2.37. The highest BCUT2D eigenvalue weighted by atomic mass is 16.7. The molecule has 0 fully saturated rings. The maximum atomic E-state index is 12.3. The van der Waals surface area contributed by atoms with Crippen LogP contribution in [0.2, 0.25) is 0 Å². The number of nitrogens with two attached hydrogens (primary N) is 1. The van der Waals surface area contributed by atoms with Crippen molar-refractivity contribution in [1.82, 2.24) is 0 Å². The molecule has 41 heavy (non-hydrogen) atoms. The molecule has 0 amide bonds. The highest BCUT2D eigenvalue weighted by molar-refractivity contribution is 5.79. The largest absolute Gasteiger partial charge is 0.513 e. The number of hydrogen-bond acceptors (Lipinski definition) is 10. The average Bonchev–Trinajstić information content (AvgIpc) is 2.84. The lowest BCUT2D eigenvalue weighted by Crippen LogP contribution is -2.52. The Hall–Kier alpha value is -3.34. The summed E-state index contributed by atoms with van der Waals surface area (Å²) in [5.41, 5.74) is 4.56. The molecule has 0 saturated heterocycles. The van der Waals surface area contributed by atoms with Crippen LogP contribution in [-0.4, -0.2) is 54.2 Å². The smallest absolute Gasteiger partial charge is 0.480 e. The molecule has 11 heteroatoms. The van der Waals surface area contributed by atoms with Crippen LogP contribution in [0.5, 0.6) is 11.5 Å². The summed E-state index contributed by atoms with van der Waals surface area (Å²) in [6, 6.07) is 4.21. The van der Waals surface area contributed by atoms with Crippen LogP contribution in [-0.2, 0) is 30.2 Å². The van der Waals surface area contributed by atoms with E-state index in [4.69, 9.17) is 29.4 Å². The van der Waals surface area contributed by atoms with Crippen molar-refractivity contribution in [3.63, 3.8) is 0 Å². The Labute approximate surface area is 243 Å². The molecule has 1 rings (SSSR count). The van der Waals surface area contributed by atoms with E-state index in [-0.39, 0.29) is 49.4 Å². The summed E-state index contributed by atoms with van der Waals surface area (Å²) in [5, 5.41) is 9.96. The molecule has 11 nitrogen and oxygen atoms in total. The maximum absolute atomic E-state index is 12.3. The third-order valence-corrected chi connectivity index (χ3v) is 5.93. The van der Waals surface area contributed by atoms with Crippen LogP contribution in [0.3, 0.4) is 0 Å². The Morgan fingerprint density at radius 3 is 1.90 bits per heavy atom. The fourth-order valence-corrected chi connectivity index (χ4v) is 3.93. The zero-order valence-electron chi connectivity index (χ0n) is 25.3. The monoisotopic (exact) mass is 581 g/mol. The van der Waals surface area contributed by atoms with Crippen molar-refractivity contribution in [3.05, 3.63) is 23.8 Å². The molecule has 0 aliphatic rings. The fourth-order valence-electron chi connectivity index (χ4n) is 3.93. The first-order valence-corrected chi connectivity index (χ1v) is 14.2. The molecule has 0 aliphatic carbocycles. The quantitative estimate of drug-likeness (QED) is 0.0935. The molecule has 0 aliphatic heterocycles. The number of ether oxygens (including phenoxy) is 5. The van der Waals surface area contributed by atoms with Gasteiger partial charge < -0.3 is 34.5 Å². The van der Waals surface area contributed by atoms with E-state index in [1.54, 1.807) is 6.92 Å². The van der Waals surface area contributed by atoms with E-state index < -0.39 is 35.9 Å². The zero-order valence-corrected chi connectivity index (χ0v) is 25.3. The predicted octanol–water partition coefficient (Wildman–Crippen LogP) is 6.18. The molecule has 3 N–H and O–H groups in total. The summed E-state index contributed by atoms with van der Waals surface area (Å²) in [6.45, 7) is 11.6. The van der Waals surface area contributed by atoms with Gasteiger partial charge in [-0.2, -0.15) is 0 Å². The number of carboxylic acid groups (broad SMARTS) is 1. The molecule has 232 valence electrons. The molecule has 0 aromatic heterocycles. The Kier molecular flexibility index (Phi) is 15.2. The van der Waals surface area contributed by atoms with E-state index in [2.05, 4.69) is 0 Å². The van der Waals surface area contributed by atoms with Gasteiger partial charge in [0.2, 0.25) is 0 Å². The number of rotatable bonds is 17. The first-order chi connectivity index (χ1) is 19.2. The molecular formula is C30H47NO10. The number of carbonyl (C=O) groups is 4. The van der Waals surface area contributed by atoms with E-state index in [1.165, 1.54) is 18.2 Å². The summed E-state index contributed by atoms with van der Waals surface area (Å²) < 4.78 is 26.2. The van der Waals surface area contributed by atoms with Gasteiger partial charge in [0, 0.05) is 12.8 Å². The number of esters is 1. The van der Waals surface area contributed by atoms with Gasteiger partial charge in [0.05, 0.1) is 19.6 Å². The number of benzene rings is 1. The maximum Gasteiger partial charge on any atom is 0.513 e. The van der Waals surface area contributed by atoms with Crippen molar-refractivity contribution in [1.29, 1.82) is 0 Å². The number of hydrogen-bond donors (Lipinski definition) is 2. The third-order valence-electron chi connectivity index (χ3n) is 5.93. The number of carbonyl (C=O) groups excluding carboxylic acids is 3. The lowest BCUT2D eigenvalue weighted by molar-refractivity contribution is -0.154. The van der Waals surface area contributed by atoms with Crippen LogP contribution < -0.4 is 15.2 Å². The van der Waals surface area contributed by atoms with E-state index >= 15 is 0 Å². The summed E-state index contributed by atoms with van der Waals surface area (Å²) in [5.74, 6) is -2.02. The van der Waals surface area contributed by atoms with Gasteiger partial charge in [-0.25, -0.2) is 9.59 Å². The van der Waals surface area contributed by atoms with Gasteiger partial charge in [0.15, 0.2) is 11.5 Å². The van der Waals surface area contributed by atoms with Crippen molar-refractivity contribution in [2.24, 2.45) is 11.1 Å². The van der Waals surface area contributed by atoms with Crippen LogP contribution in [0.1, 0.15) is 98.5 Å². The molecular weight excluding hydrogens is 534 g/mol. The van der Waals surface area contributed by atoms with Crippen molar-refractivity contribution < 1.29 is 48.0 Å². The second-order valence-corrected chi connectivity index (χ2v) is 11.5. The molecule has 1 unspecified atom stereocenters. The standard InChI is InChI=1S/C30H47NO10/c1-7-9-11-15-37-27(35)40-23-14-13-22(17-24(23)41-28(36)38-16-12-10-8-2)19-30(31,26(33)34)18-21(3)39-25(32)20-29(4,5)6/h13-14,17,21H,7-12,15-16,18-20,31H2,1-6H3,(H,33,34)/t21-,30?/m0/s1. The zero-order chi connectivity index (χ0) is 31.1. The van der Waals surface area contributed by atoms with Crippen LogP contribution in [0.4, 0.5) is 9.59 Å². The topological polar surface area (TPSA) is 161 Å². The van der Waals surface area contributed by atoms with Crippen LogP contribution >= 0.6 is 0 Å². The second-order valence-electron chi connectivity index (χ2n) is 11.5. The second kappa shape index (κ2) is 17.5. The van der Waals surface area contributed by atoms with Crippen molar-refractivity contribution >= 4 is 24.2 Å².